The van der Waals surface area contributed by atoms with Crippen LogP contribution in [-0.2, 0) is 19.6 Å². The number of nitrogens with zero attached hydrogens (tertiary/aromatic N) is 1. The van der Waals surface area contributed by atoms with E-state index in [2.05, 4.69) is 0 Å². The van der Waals surface area contributed by atoms with Crippen molar-refractivity contribution >= 4 is 16.0 Å². The van der Waals surface area contributed by atoms with Gasteiger partial charge in [-0.25, -0.2) is 12.8 Å². The van der Waals surface area contributed by atoms with Crippen LogP contribution in [0.5, 0.6) is 0 Å². The van der Waals surface area contributed by atoms with E-state index in [1.165, 1.54) is 20.8 Å². The second kappa shape index (κ2) is 8.64. The number of halogens is 1. The monoisotopic (exact) mass is 407 g/mol. The number of benzene rings is 1. The molecule has 2 rings (SSSR count). The van der Waals surface area contributed by atoms with E-state index >= 15 is 0 Å². The number of hydrogen-bond acceptors (Lipinski definition) is 6. The summed E-state index contributed by atoms with van der Waals surface area (Å²) in [4.78, 5) is 13.2. The van der Waals surface area contributed by atoms with E-state index in [4.69, 9.17) is 10.3 Å². The minimum atomic E-state index is -4.29. The van der Waals surface area contributed by atoms with Crippen LogP contribution in [0, 0.1) is 17.6 Å². The number of carbonyl (C=O) groups is 1. The average molecular weight is 408 g/mol. The van der Waals surface area contributed by atoms with Gasteiger partial charge in [-0.15, -0.1) is 0 Å². The molecule has 1 aromatic rings. The second-order valence-electron chi connectivity index (χ2n) is 6.25. The molecule has 27 heavy (non-hydrogen) atoms. The standard InChI is InChI=1S/C18H28FN3O4S/c1-6-26-17(23)14-15(11(2)3)20-18(22(4)27(5,24)25)21-16(14)12-7-9-13(19)10-8-12/h7-11,14-16,18,20-21H,6H2,1-5H3/i14D,15D,16D,18D/hD2. The van der Waals surface area contributed by atoms with Crippen LogP contribution in [0.3, 0.4) is 0 Å². The Bertz CT molecular complexity index is 1020. The Morgan fingerprint density at radius 1 is 1.37 bits per heavy atom. The minimum absolute atomic E-state index is 0.0135. The molecule has 1 aliphatic rings. The zero-order valence-corrected chi connectivity index (χ0v) is 16.7. The van der Waals surface area contributed by atoms with Crippen molar-refractivity contribution in [3.63, 3.8) is 0 Å². The molecular formula is C18H28FN3O4S. The molecule has 1 saturated heterocycles. The molecule has 9 heteroatoms. The third kappa shape index (κ3) is 5.04. The van der Waals surface area contributed by atoms with Crippen LogP contribution < -0.4 is 10.6 Å². The summed E-state index contributed by atoms with van der Waals surface area (Å²) in [5, 5.41) is 0.0410. The van der Waals surface area contributed by atoms with Crippen molar-refractivity contribution in [3.8, 4) is 0 Å². The highest BCUT2D eigenvalue weighted by atomic mass is 32.2. The van der Waals surface area contributed by atoms with Gasteiger partial charge in [0.25, 0.3) is 0 Å². The molecule has 1 fully saturated rings. The maximum atomic E-state index is 13.7. The topological polar surface area (TPSA) is 87.7 Å². The lowest BCUT2D eigenvalue weighted by molar-refractivity contribution is -0.153. The van der Waals surface area contributed by atoms with E-state index in [9.17, 15) is 20.3 Å². The van der Waals surface area contributed by atoms with Gasteiger partial charge in [0.15, 0.2) is 0 Å². The Labute approximate surface area is 168 Å². The van der Waals surface area contributed by atoms with Gasteiger partial charge in [-0.05, 0) is 30.5 Å². The van der Waals surface area contributed by atoms with Gasteiger partial charge < -0.3 is 4.74 Å². The van der Waals surface area contributed by atoms with Crippen molar-refractivity contribution in [2.45, 2.75) is 39.1 Å². The third-order valence-corrected chi connectivity index (χ3v) is 5.01. The van der Waals surface area contributed by atoms with Gasteiger partial charge in [0, 0.05) is 21.8 Å². The van der Waals surface area contributed by atoms with E-state index in [1.54, 1.807) is 0 Å². The molecule has 1 heterocycles. The van der Waals surface area contributed by atoms with Crippen LogP contribution in [0.15, 0.2) is 24.3 Å². The van der Waals surface area contributed by atoms with Crippen LogP contribution in [0.2, 0.25) is 2.82 Å². The van der Waals surface area contributed by atoms with Crippen LogP contribution in [0.4, 0.5) is 4.39 Å². The lowest BCUT2D eigenvalue weighted by Gasteiger charge is -2.46. The normalized spacial score (nSPS) is 41.9. The summed E-state index contributed by atoms with van der Waals surface area (Å²) >= 11 is 0. The average Bonchev–Trinajstić information content (AvgIpc) is 2.74. The van der Waals surface area contributed by atoms with Gasteiger partial charge in [0.2, 0.25) is 10.0 Å². The smallest absolute Gasteiger partial charge is 0.312 e. The predicted molar refractivity (Wildman–Crippen MR) is 101 cm³/mol. The summed E-state index contributed by atoms with van der Waals surface area (Å²) < 4.78 is 97.5. The van der Waals surface area contributed by atoms with Crippen molar-refractivity contribution < 1.29 is 30.6 Å². The first-order valence-corrected chi connectivity index (χ1v) is 10.2. The first-order valence-electron chi connectivity index (χ1n) is 11.2. The highest BCUT2D eigenvalue weighted by Gasteiger charge is 2.46. The fourth-order valence-corrected chi connectivity index (χ4v) is 2.77. The number of carbonyl (C=O) groups excluding carboxylic acids is 1. The molecule has 7 nitrogen and oxygen atoms in total. The lowest BCUT2D eigenvalue weighted by Crippen LogP contribution is -2.68. The number of sulfonamides is 1. The lowest BCUT2D eigenvalue weighted by atomic mass is 9.80. The van der Waals surface area contributed by atoms with Gasteiger partial charge in [0.1, 0.15) is 14.9 Å². The van der Waals surface area contributed by atoms with E-state index < -0.39 is 51.9 Å². The Morgan fingerprint density at radius 2 is 1.96 bits per heavy atom. The van der Waals surface area contributed by atoms with Crippen molar-refractivity contribution in [1.82, 2.24) is 14.9 Å². The predicted octanol–water partition coefficient (Wildman–Crippen LogP) is 1.44. The molecule has 1 aliphatic heterocycles. The molecule has 0 bridgehead atoms. The summed E-state index contributed by atoms with van der Waals surface area (Å²) in [7, 11) is -3.40. The molecule has 4 atom stereocenters. The van der Waals surface area contributed by atoms with E-state index in [1.807, 2.05) is 0 Å². The first-order chi connectivity index (χ1) is 14.9. The van der Waals surface area contributed by atoms with Crippen molar-refractivity contribution in [2.24, 2.45) is 11.8 Å². The van der Waals surface area contributed by atoms with Gasteiger partial charge in [0.05, 0.1) is 21.5 Å². The Kier molecular flexibility index (Phi) is 4.62. The first kappa shape index (κ1) is 14.4. The maximum absolute atomic E-state index is 13.7. The van der Waals surface area contributed by atoms with Crippen molar-refractivity contribution in [1.29, 1.82) is 0 Å². The molecule has 0 radical (unpaired) electrons. The van der Waals surface area contributed by atoms with E-state index in [0.717, 1.165) is 31.3 Å². The molecular weight excluding hydrogens is 373 g/mol. The van der Waals surface area contributed by atoms with Gasteiger partial charge >= 0.3 is 5.97 Å². The van der Waals surface area contributed by atoms with Gasteiger partial charge in [-0.1, -0.05) is 26.0 Å². The fourth-order valence-electron chi connectivity index (χ4n) is 2.39. The Balaban J connectivity index is 3.09. The van der Waals surface area contributed by atoms with Gasteiger partial charge in [-0.3, -0.25) is 15.4 Å². The zero-order valence-electron chi connectivity index (χ0n) is 21.9. The molecule has 1 aromatic carbocycles. The SMILES string of the molecule is [2H]N1C([2H])(N(C)S(C)(=O)=O)N([2H])C([2H])(C(C)C)C([2H])(C(=O)OCC)C1([2H])c1ccc(F)cc1. The molecule has 0 amide bonds. The zero-order chi connectivity index (χ0) is 25.8. The number of ether oxygens (including phenoxy) is 1. The number of rotatable bonds is 6. The molecule has 0 spiro atoms. The number of hydrogen-bond donors (Lipinski definition) is 2. The fraction of sp³-hybridized carbons (Fsp3) is 0.611. The highest BCUT2D eigenvalue weighted by molar-refractivity contribution is 7.88. The van der Waals surface area contributed by atoms with Crippen molar-refractivity contribution in [3.05, 3.63) is 35.6 Å². The van der Waals surface area contributed by atoms with Crippen LogP contribution in [0.1, 0.15) is 37.8 Å². The second-order valence-corrected chi connectivity index (χ2v) is 8.26. The largest absolute Gasteiger partial charge is 0.466 e. The Hall–Kier alpha value is -1.55. The van der Waals surface area contributed by atoms with Crippen LogP contribution in [0.25, 0.3) is 0 Å². The molecule has 0 aliphatic carbocycles. The van der Waals surface area contributed by atoms with Crippen LogP contribution >= 0.6 is 0 Å². The minimum Gasteiger partial charge on any atom is -0.466 e. The molecule has 2 N–H and O–H groups in total. The highest BCUT2D eigenvalue weighted by Crippen LogP contribution is 2.33. The van der Waals surface area contributed by atoms with E-state index in [-0.39, 0.29) is 22.8 Å². The quantitative estimate of drug-likeness (QED) is 0.694. The van der Waals surface area contributed by atoms with E-state index in [0.29, 0.717) is 10.6 Å². The maximum Gasteiger partial charge on any atom is 0.312 e. The summed E-state index contributed by atoms with van der Waals surface area (Å²) in [5.41, 5.74) is -0.342. The van der Waals surface area contributed by atoms with Gasteiger partial charge in [-0.2, -0.15) is 4.31 Å². The third-order valence-electron chi connectivity index (χ3n) is 3.85. The number of esters is 1. The van der Waals surface area contributed by atoms with Crippen molar-refractivity contribution in [2.75, 3.05) is 19.9 Å². The molecule has 4 unspecified atom stereocenters. The summed E-state index contributed by atoms with van der Waals surface area (Å²) in [6.45, 7) is 3.90. The summed E-state index contributed by atoms with van der Waals surface area (Å²) in [5.74, 6) is -6.36. The molecule has 0 aromatic heterocycles. The summed E-state index contributed by atoms with van der Waals surface area (Å²) in [6.07, 6.45) is -2.36. The Morgan fingerprint density at radius 3 is 2.44 bits per heavy atom. The molecule has 0 saturated carbocycles. The van der Waals surface area contributed by atoms with Crippen LogP contribution in [-0.4, -0.2) is 50.9 Å². The molecule has 152 valence electrons. The summed E-state index contributed by atoms with van der Waals surface area (Å²) in [6, 6.07) is -1.94. The number of nitrogens with one attached hydrogen (secondary N) is 2.